The van der Waals surface area contributed by atoms with Gasteiger partial charge in [0.05, 0.1) is 11.3 Å². The number of ketones is 1. The van der Waals surface area contributed by atoms with Crippen molar-refractivity contribution in [3.05, 3.63) is 123 Å². The molecule has 3 aromatic carbocycles. The monoisotopic (exact) mass is 491 g/mol. The molecule has 1 aliphatic heterocycles. The van der Waals surface area contributed by atoms with Crippen LogP contribution in [0.3, 0.4) is 0 Å². The van der Waals surface area contributed by atoms with Gasteiger partial charge in [-0.25, -0.2) is 4.68 Å². The quantitative estimate of drug-likeness (QED) is 0.362. The smallest absolute Gasteiger partial charge is 0.277 e. The lowest BCUT2D eigenvalue weighted by molar-refractivity contribution is -0.118. The minimum atomic E-state index is -0.483. The number of H-pyrrole nitrogens is 1. The number of benzene rings is 3. The average Bonchev–Trinajstić information content (AvgIpc) is 3.22. The minimum absolute atomic E-state index is 0.0804. The molecule has 37 heavy (non-hydrogen) atoms. The van der Waals surface area contributed by atoms with Crippen LogP contribution >= 0.6 is 0 Å². The highest BCUT2D eigenvalue weighted by molar-refractivity contribution is 6.01. The number of hydrogen-bond acceptors (Lipinski definition) is 4. The number of rotatable bonds is 5. The van der Waals surface area contributed by atoms with E-state index in [1.54, 1.807) is 4.68 Å². The second-order valence-electron chi connectivity index (χ2n) is 10.6. The lowest BCUT2D eigenvalue weighted by atomic mass is 9.69. The first kappa shape index (κ1) is 23.1. The van der Waals surface area contributed by atoms with Gasteiger partial charge in [-0.2, -0.15) is 0 Å². The van der Waals surface area contributed by atoms with Gasteiger partial charge in [0.1, 0.15) is 18.2 Å². The summed E-state index contributed by atoms with van der Waals surface area (Å²) >= 11 is 0. The molecule has 1 aliphatic carbocycles. The fourth-order valence-electron chi connectivity index (χ4n) is 5.51. The van der Waals surface area contributed by atoms with Gasteiger partial charge in [-0.3, -0.25) is 14.7 Å². The molecule has 4 aromatic rings. The van der Waals surface area contributed by atoms with Gasteiger partial charge in [0.2, 0.25) is 0 Å². The Balaban J connectivity index is 1.46. The highest BCUT2D eigenvalue weighted by Crippen LogP contribution is 2.48. The third-order valence-electron chi connectivity index (χ3n) is 7.15. The molecule has 0 spiro atoms. The van der Waals surface area contributed by atoms with Gasteiger partial charge in [0, 0.05) is 23.6 Å². The van der Waals surface area contributed by atoms with E-state index in [0.717, 1.165) is 28.9 Å². The van der Waals surface area contributed by atoms with Crippen molar-refractivity contribution in [3.8, 4) is 11.4 Å². The van der Waals surface area contributed by atoms with Crippen molar-refractivity contribution in [1.82, 2.24) is 9.78 Å². The number of ether oxygens (including phenoxy) is 1. The summed E-state index contributed by atoms with van der Waals surface area (Å²) in [6.45, 7) is 4.65. The van der Waals surface area contributed by atoms with E-state index in [4.69, 9.17) is 4.74 Å². The van der Waals surface area contributed by atoms with Crippen LogP contribution in [0.15, 0.2) is 101 Å². The zero-order chi connectivity index (χ0) is 25.6. The molecule has 1 aromatic heterocycles. The van der Waals surface area contributed by atoms with Gasteiger partial charge in [-0.05, 0) is 47.2 Å². The Morgan fingerprint density at radius 2 is 1.65 bits per heavy atom. The van der Waals surface area contributed by atoms with E-state index in [1.165, 1.54) is 0 Å². The Labute approximate surface area is 215 Å². The van der Waals surface area contributed by atoms with Crippen molar-refractivity contribution in [2.24, 2.45) is 5.41 Å². The molecule has 0 radical (unpaired) electrons. The number of anilines is 1. The lowest BCUT2D eigenvalue weighted by Crippen LogP contribution is -2.35. The molecule has 186 valence electrons. The van der Waals surface area contributed by atoms with Gasteiger partial charge < -0.3 is 10.1 Å². The van der Waals surface area contributed by atoms with E-state index in [-0.39, 0.29) is 16.8 Å². The van der Waals surface area contributed by atoms with Crippen LogP contribution in [0.2, 0.25) is 0 Å². The summed E-state index contributed by atoms with van der Waals surface area (Å²) in [6, 6.07) is 27.3. The number of nitrogens with zero attached hydrogens (tertiary/aromatic N) is 1. The van der Waals surface area contributed by atoms with Crippen molar-refractivity contribution < 1.29 is 9.53 Å². The van der Waals surface area contributed by atoms with Gasteiger partial charge in [0.15, 0.2) is 5.78 Å². The number of hydrogen-bond donors (Lipinski definition) is 2. The molecule has 2 aliphatic rings. The van der Waals surface area contributed by atoms with E-state index in [9.17, 15) is 9.59 Å². The number of aromatic amines is 1. The van der Waals surface area contributed by atoms with Crippen LogP contribution in [0.1, 0.15) is 49.3 Å². The van der Waals surface area contributed by atoms with Gasteiger partial charge >= 0.3 is 0 Å². The summed E-state index contributed by atoms with van der Waals surface area (Å²) in [5.74, 6) is 0.936. The van der Waals surface area contributed by atoms with Crippen molar-refractivity contribution in [1.29, 1.82) is 0 Å². The van der Waals surface area contributed by atoms with Gasteiger partial charge in [-0.1, -0.05) is 74.5 Å². The second kappa shape index (κ2) is 8.96. The summed E-state index contributed by atoms with van der Waals surface area (Å²) in [6.07, 6.45) is 1.17. The van der Waals surface area contributed by atoms with Crippen molar-refractivity contribution in [3.63, 3.8) is 0 Å². The third kappa shape index (κ3) is 4.29. The third-order valence-corrected chi connectivity index (χ3v) is 7.15. The van der Waals surface area contributed by atoms with Crippen LogP contribution in [0.5, 0.6) is 5.75 Å². The highest BCUT2D eigenvalue weighted by Gasteiger charge is 2.43. The van der Waals surface area contributed by atoms with Crippen molar-refractivity contribution >= 4 is 11.6 Å². The predicted molar refractivity (Wildman–Crippen MR) is 144 cm³/mol. The molecule has 0 fully saturated rings. The van der Waals surface area contributed by atoms with Crippen LogP contribution in [0, 0.1) is 5.41 Å². The van der Waals surface area contributed by atoms with Crippen LogP contribution in [0.4, 0.5) is 5.82 Å². The zero-order valence-corrected chi connectivity index (χ0v) is 21.0. The molecule has 6 heteroatoms. The second-order valence-corrected chi connectivity index (χ2v) is 10.6. The average molecular weight is 492 g/mol. The Hall–Kier alpha value is -4.32. The first-order valence-corrected chi connectivity index (χ1v) is 12.6. The molecule has 6 rings (SSSR count). The number of carbonyl (C=O) groups is 1. The Morgan fingerprint density at radius 1 is 0.919 bits per heavy atom. The first-order chi connectivity index (χ1) is 17.9. The van der Waals surface area contributed by atoms with E-state index < -0.39 is 5.92 Å². The SMILES string of the molecule is CC1(C)CC(=O)C2=C(C1)Nc1[nH]n(-c3ccccc3)c(=O)c1[C@@H]2c1cccc(OCc2ccccc2)c1. The van der Waals surface area contributed by atoms with Gasteiger partial charge in [0.25, 0.3) is 5.56 Å². The number of Topliss-reactive ketones (excluding diaryl/α,β-unsaturated/α-hetero) is 1. The molecule has 2 N–H and O–H groups in total. The topological polar surface area (TPSA) is 76.1 Å². The van der Waals surface area contributed by atoms with E-state index >= 15 is 0 Å². The number of nitrogens with one attached hydrogen (secondary N) is 2. The van der Waals surface area contributed by atoms with Crippen LogP contribution < -0.4 is 15.6 Å². The Morgan fingerprint density at radius 3 is 2.41 bits per heavy atom. The summed E-state index contributed by atoms with van der Waals surface area (Å²) in [5.41, 5.74) is 4.47. The fraction of sp³-hybridized carbons (Fsp3) is 0.226. The number of aromatic nitrogens is 2. The minimum Gasteiger partial charge on any atom is -0.489 e. The van der Waals surface area contributed by atoms with E-state index in [2.05, 4.69) is 24.3 Å². The summed E-state index contributed by atoms with van der Waals surface area (Å²) in [7, 11) is 0. The summed E-state index contributed by atoms with van der Waals surface area (Å²) in [5, 5.41) is 6.70. The molecule has 0 bridgehead atoms. The molecule has 0 saturated carbocycles. The molecule has 0 unspecified atom stereocenters. The summed E-state index contributed by atoms with van der Waals surface area (Å²) < 4.78 is 7.65. The number of fused-ring (bicyclic) bond motifs is 1. The molecule has 1 atom stereocenters. The predicted octanol–water partition coefficient (Wildman–Crippen LogP) is 5.95. The molecule has 0 amide bonds. The highest BCUT2D eigenvalue weighted by atomic mass is 16.5. The Bertz CT molecular complexity index is 1560. The van der Waals surface area contributed by atoms with E-state index in [0.29, 0.717) is 35.7 Å². The largest absolute Gasteiger partial charge is 0.489 e. The van der Waals surface area contributed by atoms with Crippen LogP contribution in [-0.4, -0.2) is 15.6 Å². The maximum Gasteiger partial charge on any atom is 0.277 e. The van der Waals surface area contributed by atoms with E-state index in [1.807, 2.05) is 84.9 Å². The number of para-hydroxylation sites is 1. The van der Waals surface area contributed by atoms with Crippen molar-refractivity contribution in [2.45, 2.75) is 39.2 Å². The lowest BCUT2D eigenvalue weighted by Gasteiger charge is -2.37. The molecular weight excluding hydrogens is 462 g/mol. The standard InChI is InChI=1S/C31H29N3O3/c1-31(2)17-24-27(25(35)18-31)26(21-12-9-15-23(16-21)37-19-20-10-5-3-6-11-20)28-29(32-24)33-34(30(28)36)22-13-7-4-8-14-22/h3-16,26,32-33H,17-19H2,1-2H3/t26-/m1/s1. The fourth-order valence-corrected chi connectivity index (χ4v) is 5.51. The summed E-state index contributed by atoms with van der Waals surface area (Å²) in [4.78, 5) is 27.4. The normalized spacial score (nSPS) is 18.1. The number of allylic oxidation sites excluding steroid dienone is 2. The van der Waals surface area contributed by atoms with Gasteiger partial charge in [-0.15, -0.1) is 0 Å². The molecule has 6 nitrogen and oxygen atoms in total. The molecule has 2 heterocycles. The maximum absolute atomic E-state index is 13.8. The first-order valence-electron chi connectivity index (χ1n) is 12.6. The zero-order valence-electron chi connectivity index (χ0n) is 21.0. The molecule has 0 saturated heterocycles. The maximum atomic E-state index is 13.8. The molecular formula is C31H29N3O3. The Kier molecular flexibility index (Phi) is 5.60. The van der Waals surface area contributed by atoms with Crippen molar-refractivity contribution in [2.75, 3.05) is 5.32 Å². The number of carbonyl (C=O) groups excluding carboxylic acids is 1. The van der Waals surface area contributed by atoms with Crippen LogP contribution in [-0.2, 0) is 11.4 Å². The van der Waals surface area contributed by atoms with Crippen LogP contribution in [0.25, 0.3) is 5.69 Å².